The summed E-state index contributed by atoms with van der Waals surface area (Å²) < 4.78 is 52.4. The van der Waals surface area contributed by atoms with Crippen LogP contribution in [0.25, 0.3) is 111 Å². The number of benzene rings is 4. The van der Waals surface area contributed by atoms with Crippen LogP contribution in [0.3, 0.4) is 0 Å². The van der Waals surface area contributed by atoms with Crippen LogP contribution in [0.2, 0.25) is 0 Å². The van der Waals surface area contributed by atoms with Crippen molar-refractivity contribution in [3.05, 3.63) is 218 Å². The molecule has 12 aromatic heterocycles. The molecule has 15 nitrogen and oxygen atoms in total. The third-order valence-electron chi connectivity index (χ3n) is 15.8. The van der Waals surface area contributed by atoms with Gasteiger partial charge in [-0.05, 0) is 72.8 Å². The first-order chi connectivity index (χ1) is 39.7. The van der Waals surface area contributed by atoms with Gasteiger partial charge in [0.05, 0.1) is 15.7 Å². The van der Waals surface area contributed by atoms with Crippen molar-refractivity contribution in [3.8, 4) is 45.8 Å². The Hall–Kier alpha value is -10.1. The molecule has 0 saturated carbocycles. The van der Waals surface area contributed by atoms with Crippen LogP contribution in [-0.2, 0) is 40.2 Å². The highest BCUT2D eigenvalue weighted by atomic mass is 32.1. The zero-order chi connectivity index (χ0) is 53.8. The van der Waals surface area contributed by atoms with Gasteiger partial charge in [-0.3, -0.25) is 9.97 Å². The summed E-state index contributed by atoms with van der Waals surface area (Å²) in [5.41, 5.74) is 21.3. The Morgan fingerprint density at radius 1 is 0.462 bits per heavy atom. The summed E-state index contributed by atoms with van der Waals surface area (Å²) in [7, 11) is 2.12. The average molecular weight is 1040 g/mol. The summed E-state index contributed by atoms with van der Waals surface area (Å²) >= 11 is 1.83. The van der Waals surface area contributed by atoms with E-state index in [2.05, 4.69) is 155 Å². The molecule has 0 aliphatic carbocycles. The number of imidazole rings is 6. The van der Waals surface area contributed by atoms with Crippen LogP contribution in [-0.4, -0.2) is 46.7 Å². The Morgan fingerprint density at radius 2 is 0.923 bits per heavy atom. The summed E-state index contributed by atoms with van der Waals surface area (Å²) in [4.78, 5) is 19.5. The van der Waals surface area contributed by atoms with E-state index >= 15 is 0 Å². The summed E-state index contributed by atoms with van der Waals surface area (Å²) in [6.07, 6.45) is 15.8. The molecule has 16 heteroatoms. The maximum atomic E-state index is 7.99. The zero-order valence-electron chi connectivity index (χ0n) is 44.9. The van der Waals surface area contributed by atoms with Gasteiger partial charge in [0.15, 0.2) is 45.2 Å². The van der Waals surface area contributed by atoms with Crippen molar-refractivity contribution in [2.75, 3.05) is 0 Å². The minimum Gasteiger partial charge on any atom is -0.416 e. The molecule has 0 saturated heterocycles. The molecule has 4 aliphatic heterocycles. The van der Waals surface area contributed by atoms with Crippen LogP contribution in [0.15, 0.2) is 200 Å². The Bertz CT molecular complexity index is 5140. The minimum absolute atomic E-state index is 0.670. The van der Waals surface area contributed by atoms with Crippen molar-refractivity contribution in [1.29, 1.82) is 0 Å². The third kappa shape index (κ3) is 6.08. The summed E-state index contributed by atoms with van der Waals surface area (Å²) in [6, 6.07) is 49.1. The highest BCUT2D eigenvalue weighted by molar-refractivity contribution is 7.23. The molecule has 4 aliphatic rings. The number of hydrogen-bond acceptors (Lipinski definition) is 6. The van der Waals surface area contributed by atoms with E-state index in [4.69, 9.17) is 8.53 Å². The van der Waals surface area contributed by atoms with E-state index < -0.39 is 6.98 Å². The van der Waals surface area contributed by atoms with Crippen LogP contribution < -0.4 is 18.3 Å². The van der Waals surface area contributed by atoms with Gasteiger partial charge in [-0.15, -0.1) is 0 Å². The fourth-order valence-electron chi connectivity index (χ4n) is 12.4. The number of oxazole rings is 1. The summed E-state index contributed by atoms with van der Waals surface area (Å²) in [5.74, 6) is 2.32. The van der Waals surface area contributed by atoms with Crippen molar-refractivity contribution in [3.63, 3.8) is 0 Å². The van der Waals surface area contributed by atoms with Crippen LogP contribution in [0, 0.1) is 0 Å². The Balaban J connectivity index is 0.0000000863. The number of aryl methyl sites for hydroxylation is 2. The molecule has 0 bridgehead atoms. The Labute approximate surface area is 451 Å². The highest BCUT2D eigenvalue weighted by Crippen LogP contribution is 2.36. The van der Waals surface area contributed by atoms with E-state index in [0.717, 1.165) is 88.4 Å². The lowest BCUT2D eigenvalue weighted by Gasteiger charge is -1.95. The molecule has 16 heterocycles. The second-order valence-corrected chi connectivity index (χ2v) is 21.2. The van der Waals surface area contributed by atoms with Gasteiger partial charge in [-0.1, -0.05) is 84.1 Å². The van der Waals surface area contributed by atoms with Gasteiger partial charge in [0.25, 0.3) is 23.9 Å². The van der Waals surface area contributed by atoms with E-state index in [1.807, 2.05) is 113 Å². The van der Waals surface area contributed by atoms with Crippen LogP contribution in [0.1, 0.15) is 26.4 Å². The second-order valence-electron chi connectivity index (χ2n) is 20.1. The number of para-hydroxylation sites is 7. The standard InChI is InChI=1S/2C16H13N4.C15H10N3O.C15H10N3S/c2*1-18-12-6-2-3-7-13(12)20-10-19-9-11-5-4-8-17-14(11)15(19)16(18)20;2*1-2-6-12-11(5-1)18-13(19-12)9-17-8-10-4-3-7-16-14(10)15(17)18/h2*2-8,10H,9H2,1H3;2*1-7,9H,8H2/q4*+1/i1D3;;;. The zero-order valence-corrected chi connectivity index (χ0v) is 42.7. The second kappa shape index (κ2) is 16.2. The predicted molar refractivity (Wildman–Crippen MR) is 298 cm³/mol. The van der Waals surface area contributed by atoms with Gasteiger partial charge in [-0.25, -0.2) is 28.2 Å². The molecule has 0 N–H and O–H groups in total. The largest absolute Gasteiger partial charge is 0.416 e. The smallest absolute Gasteiger partial charge is 0.336 e. The highest BCUT2D eigenvalue weighted by Gasteiger charge is 2.37. The number of hydrogen-bond donors (Lipinski definition) is 0. The van der Waals surface area contributed by atoms with E-state index in [1.165, 1.54) is 64.5 Å². The quantitative estimate of drug-likeness (QED) is 0.141. The first kappa shape index (κ1) is 40.3. The van der Waals surface area contributed by atoms with Crippen molar-refractivity contribution in [2.45, 2.75) is 26.2 Å². The van der Waals surface area contributed by atoms with Gasteiger partial charge in [0.1, 0.15) is 43.8 Å². The molecular weight excluding hydrogens is 989 g/mol. The molecule has 0 spiro atoms. The van der Waals surface area contributed by atoms with E-state index in [9.17, 15) is 0 Å². The lowest BCUT2D eigenvalue weighted by molar-refractivity contribution is -0.671. The van der Waals surface area contributed by atoms with Crippen LogP contribution in [0.4, 0.5) is 0 Å². The van der Waals surface area contributed by atoms with E-state index in [1.54, 1.807) is 6.20 Å². The molecular formula is C62H46N14OS+4. The monoisotopic (exact) mass is 1040 g/mol. The van der Waals surface area contributed by atoms with Gasteiger partial charge in [-0.2, -0.15) is 17.6 Å². The minimum atomic E-state index is -2.26. The van der Waals surface area contributed by atoms with Crippen molar-refractivity contribution in [2.24, 2.45) is 14.0 Å². The summed E-state index contributed by atoms with van der Waals surface area (Å²) in [5, 5.41) is 0. The molecule has 0 amide bonds. The molecule has 0 atom stereocenters. The van der Waals surface area contributed by atoms with Crippen LogP contribution in [0.5, 0.6) is 0 Å². The van der Waals surface area contributed by atoms with Crippen molar-refractivity contribution < 1.29 is 26.8 Å². The molecule has 0 fully saturated rings. The lowest BCUT2D eigenvalue weighted by atomic mass is 10.2. The molecule has 16 aromatic rings. The Morgan fingerprint density at radius 3 is 1.53 bits per heavy atom. The fourth-order valence-corrected chi connectivity index (χ4v) is 13.5. The molecule has 4 aromatic carbocycles. The first-order valence-electron chi connectivity index (χ1n) is 27.4. The number of pyridine rings is 4. The van der Waals surface area contributed by atoms with E-state index in [0.29, 0.717) is 11.2 Å². The number of thiazole rings is 1. The van der Waals surface area contributed by atoms with Gasteiger partial charge in [0, 0.05) is 65.2 Å². The molecule has 0 radical (unpaired) electrons. The third-order valence-corrected chi connectivity index (χ3v) is 16.8. The number of aromatic nitrogens is 14. The normalized spacial score (nSPS) is 13.8. The molecule has 0 unspecified atom stereocenters. The van der Waals surface area contributed by atoms with Crippen molar-refractivity contribution >= 4 is 76.6 Å². The SMILES string of the molecule is Cn1c2ccccc2n2c[n+]3c(c12)-c1ncccc1C3.[2H]C([2H])([2H])n1c2ccccc2n2c[n+]3c(c12)-c1ncccc1C3.c1cnc2c(c1)C[n+]1cc3oc4ccccc4n3c1-2.c1cnc2c(c1)C[n+]1cc3sc4ccccc4n3c1-2. The van der Waals surface area contributed by atoms with Gasteiger partial charge < -0.3 is 13.6 Å². The molecule has 20 rings (SSSR count). The molecule has 372 valence electrons. The maximum Gasteiger partial charge on any atom is 0.336 e. The van der Waals surface area contributed by atoms with E-state index in [-0.39, 0.29) is 0 Å². The number of fused-ring (bicyclic) bond motifs is 28. The summed E-state index contributed by atoms with van der Waals surface area (Å²) in [6.45, 7) is 1.17. The topological polar surface area (TPSA) is 108 Å². The predicted octanol–water partition coefficient (Wildman–Crippen LogP) is 9.55. The van der Waals surface area contributed by atoms with Crippen molar-refractivity contribution in [1.82, 2.24) is 46.7 Å². The molecule has 78 heavy (non-hydrogen) atoms. The maximum absolute atomic E-state index is 7.99. The number of nitrogens with zero attached hydrogens (tertiary/aromatic N) is 14. The lowest BCUT2D eigenvalue weighted by Crippen LogP contribution is -2.29. The number of rotatable bonds is 0. The van der Waals surface area contributed by atoms with Gasteiger partial charge >= 0.3 is 17.4 Å². The Kier molecular flexibility index (Phi) is 8.38. The average Bonchev–Trinajstić information content (AvgIpc) is 4.48. The first-order valence-corrected chi connectivity index (χ1v) is 26.7. The van der Waals surface area contributed by atoms with Gasteiger partial charge in [0.2, 0.25) is 16.2 Å². The van der Waals surface area contributed by atoms with Crippen LogP contribution >= 0.6 is 11.3 Å². The fraction of sp³-hybridized carbons (Fsp3) is 0.0968.